The van der Waals surface area contributed by atoms with Crippen LogP contribution in [0, 0.1) is 0 Å². The molecule has 0 spiro atoms. The molecule has 78 heavy (non-hydrogen) atoms. The summed E-state index contributed by atoms with van der Waals surface area (Å²) >= 11 is 0. The number of hydrogen-bond donors (Lipinski definition) is 1. The molecule has 0 aromatic rings. The van der Waals surface area contributed by atoms with Crippen LogP contribution in [0.15, 0.2) is 170 Å². The van der Waals surface area contributed by atoms with E-state index >= 15 is 0 Å². The minimum absolute atomic E-state index is 0.0856. The zero-order chi connectivity index (χ0) is 56.2. The molecule has 1 unspecified atom stereocenters. The van der Waals surface area contributed by atoms with E-state index in [4.69, 9.17) is 9.47 Å². The van der Waals surface area contributed by atoms with Crippen molar-refractivity contribution in [3.8, 4) is 0 Å². The fraction of sp³-hybridized carbons (Fsp3) is 0.589. The smallest absolute Gasteiger partial charge is 0.306 e. The minimum Gasteiger partial charge on any atom is -0.462 e. The van der Waals surface area contributed by atoms with Crippen LogP contribution in [0.1, 0.15) is 258 Å². The van der Waals surface area contributed by atoms with Crippen molar-refractivity contribution in [2.75, 3.05) is 13.2 Å². The van der Waals surface area contributed by atoms with Crippen LogP contribution in [-0.2, 0) is 19.1 Å². The number of aliphatic hydroxyl groups excluding tert-OH is 1. The number of ether oxygens (including phenoxy) is 2. The van der Waals surface area contributed by atoms with E-state index in [9.17, 15) is 14.7 Å². The molecule has 0 saturated carbocycles. The number of aliphatic hydroxyl groups is 1. The molecule has 0 rings (SSSR count). The topological polar surface area (TPSA) is 72.8 Å². The van der Waals surface area contributed by atoms with Gasteiger partial charge < -0.3 is 14.6 Å². The molecule has 0 fully saturated rings. The second-order valence-corrected chi connectivity index (χ2v) is 20.4. The average molecular weight is 1070 g/mol. The molecule has 5 nitrogen and oxygen atoms in total. The first-order valence-corrected chi connectivity index (χ1v) is 31.7. The zero-order valence-corrected chi connectivity index (χ0v) is 50.1. The van der Waals surface area contributed by atoms with E-state index in [-0.39, 0.29) is 25.2 Å². The summed E-state index contributed by atoms with van der Waals surface area (Å²) in [5.41, 5.74) is 0. The predicted octanol–water partition coefficient (Wildman–Crippen LogP) is 22.1. The third-order valence-electron chi connectivity index (χ3n) is 13.0. The van der Waals surface area contributed by atoms with Crippen molar-refractivity contribution in [2.24, 2.45) is 0 Å². The quantitative estimate of drug-likeness (QED) is 0.0373. The number of hydrogen-bond acceptors (Lipinski definition) is 5. The van der Waals surface area contributed by atoms with Crippen LogP contribution in [-0.4, -0.2) is 36.4 Å². The first kappa shape index (κ1) is 73.3. The van der Waals surface area contributed by atoms with Crippen LogP contribution >= 0.6 is 0 Å². The van der Waals surface area contributed by atoms with Gasteiger partial charge in [-0.25, -0.2) is 0 Å². The van der Waals surface area contributed by atoms with Crippen molar-refractivity contribution in [3.05, 3.63) is 170 Å². The third-order valence-corrected chi connectivity index (χ3v) is 13.0. The highest BCUT2D eigenvalue weighted by atomic mass is 16.6. The van der Waals surface area contributed by atoms with Crippen LogP contribution in [0.4, 0.5) is 0 Å². The highest BCUT2D eigenvalue weighted by Gasteiger charge is 2.16. The molecule has 438 valence electrons. The Morgan fingerprint density at radius 1 is 0.295 bits per heavy atom. The fourth-order valence-electron chi connectivity index (χ4n) is 8.34. The van der Waals surface area contributed by atoms with E-state index in [0.29, 0.717) is 12.8 Å². The van der Waals surface area contributed by atoms with Gasteiger partial charge in [0.15, 0.2) is 6.10 Å². The van der Waals surface area contributed by atoms with Gasteiger partial charge in [0.05, 0.1) is 6.61 Å². The van der Waals surface area contributed by atoms with Crippen molar-refractivity contribution in [1.29, 1.82) is 0 Å². The molecule has 0 aromatic carbocycles. The summed E-state index contributed by atoms with van der Waals surface area (Å²) in [6.45, 7) is 3.89. The van der Waals surface area contributed by atoms with Gasteiger partial charge in [0.25, 0.3) is 0 Å². The Kier molecular flexibility index (Phi) is 62.5. The van der Waals surface area contributed by atoms with Gasteiger partial charge in [0.2, 0.25) is 0 Å². The van der Waals surface area contributed by atoms with Crippen LogP contribution in [0.5, 0.6) is 0 Å². The molecule has 0 aromatic heterocycles. The number of unbranched alkanes of at least 4 members (excludes halogenated alkanes) is 20. The summed E-state index contributed by atoms with van der Waals surface area (Å²) < 4.78 is 10.7. The minimum atomic E-state index is -0.794. The zero-order valence-electron chi connectivity index (χ0n) is 50.1. The van der Waals surface area contributed by atoms with Gasteiger partial charge in [0.1, 0.15) is 6.61 Å². The van der Waals surface area contributed by atoms with Crippen molar-refractivity contribution < 1.29 is 24.2 Å². The molecule has 5 heteroatoms. The molecule has 0 saturated heterocycles. The lowest BCUT2D eigenvalue weighted by Gasteiger charge is -2.15. The molecular formula is C73H116O5. The van der Waals surface area contributed by atoms with E-state index < -0.39 is 6.10 Å². The van der Waals surface area contributed by atoms with Crippen molar-refractivity contribution >= 4 is 11.9 Å². The van der Waals surface area contributed by atoms with Gasteiger partial charge in [0, 0.05) is 12.8 Å². The average Bonchev–Trinajstić information content (AvgIpc) is 3.44. The summed E-state index contributed by atoms with van der Waals surface area (Å²) in [5, 5.41) is 9.68. The van der Waals surface area contributed by atoms with Crippen LogP contribution in [0.3, 0.4) is 0 Å². The van der Waals surface area contributed by atoms with Gasteiger partial charge in [-0.15, -0.1) is 0 Å². The maximum absolute atomic E-state index is 12.3. The largest absolute Gasteiger partial charge is 0.462 e. The van der Waals surface area contributed by atoms with Crippen molar-refractivity contribution in [2.45, 2.75) is 264 Å². The van der Waals surface area contributed by atoms with Gasteiger partial charge in [-0.05, 0) is 128 Å². The lowest BCUT2D eigenvalue weighted by molar-refractivity contribution is -0.161. The summed E-state index contributed by atoms with van der Waals surface area (Å²) in [6.07, 6.45) is 103. The first-order chi connectivity index (χ1) is 38.6. The van der Waals surface area contributed by atoms with Gasteiger partial charge >= 0.3 is 11.9 Å². The Morgan fingerprint density at radius 3 is 0.769 bits per heavy atom. The molecule has 1 atom stereocenters. The Hall–Kier alpha value is -4.74. The summed E-state index contributed by atoms with van der Waals surface area (Å²) in [4.78, 5) is 24.6. The summed E-state index contributed by atoms with van der Waals surface area (Å²) in [7, 11) is 0. The molecule has 0 radical (unpaired) electrons. The molecule has 1 N–H and O–H groups in total. The number of carbonyl (C=O) groups is 2. The number of carbonyl (C=O) groups excluding carboxylic acids is 2. The molecule has 0 heterocycles. The maximum Gasteiger partial charge on any atom is 0.306 e. The third kappa shape index (κ3) is 63.8. The maximum atomic E-state index is 12.3. The normalized spacial score (nSPS) is 13.4. The van der Waals surface area contributed by atoms with Gasteiger partial charge in [-0.1, -0.05) is 287 Å². The van der Waals surface area contributed by atoms with E-state index in [2.05, 4.69) is 184 Å². The Balaban J connectivity index is 3.57. The SMILES string of the molecule is CC/C=C\C/C=C\C/C=C\C/C=C\C/C=C\C/C=C\C/C=C\CCCCCCCCCCCCCCCCCC(=O)OC(CO)COC(=O)CCCCCCC/C=C\C/C=C\C/C=C\C/C=C\C/C=C\C/C=C\C/C=C\CC. The Morgan fingerprint density at radius 2 is 0.513 bits per heavy atom. The van der Waals surface area contributed by atoms with Crippen LogP contribution < -0.4 is 0 Å². The van der Waals surface area contributed by atoms with Crippen LogP contribution in [0.25, 0.3) is 0 Å². The monoisotopic (exact) mass is 1070 g/mol. The predicted molar refractivity (Wildman–Crippen MR) is 343 cm³/mol. The second-order valence-electron chi connectivity index (χ2n) is 20.4. The molecule has 0 amide bonds. The molecular weight excluding hydrogens is 957 g/mol. The van der Waals surface area contributed by atoms with Gasteiger partial charge in [-0.2, -0.15) is 0 Å². The van der Waals surface area contributed by atoms with E-state index in [1.807, 2.05) is 0 Å². The summed E-state index contributed by atoms with van der Waals surface area (Å²) in [5.74, 6) is -0.620. The highest BCUT2D eigenvalue weighted by Crippen LogP contribution is 2.15. The van der Waals surface area contributed by atoms with E-state index in [1.165, 1.54) is 83.5 Å². The van der Waals surface area contributed by atoms with Crippen LogP contribution in [0.2, 0.25) is 0 Å². The first-order valence-electron chi connectivity index (χ1n) is 31.7. The van der Waals surface area contributed by atoms with E-state index in [1.54, 1.807) is 0 Å². The number of rotatable bonds is 56. The standard InChI is InChI=1S/C73H116O5/c1-3-5-7-9-11-13-15-17-19-21-23-25-27-29-31-32-33-34-35-36-37-38-39-40-42-44-46-48-50-52-54-56-58-60-62-64-66-68-73(76)78-71(69-74)70-77-72(75)67-65-63-61-59-57-55-53-51-49-47-45-43-41-30-28-26-24-22-20-18-16-14-12-10-8-6-4-2/h5-8,11-14,17-20,23-26,29-31,33-34,36-37,41,45,47,51,53,71,74H,3-4,9-10,15-16,21-22,27-28,32,35,38-40,42-44,46,48-50,52,54-70H2,1-2H3/b7-5-,8-6-,13-11-,14-12-,19-17-,20-18-,25-23-,26-24-,31-29-,34-33-,37-36-,41-30-,47-45-,53-51-. The molecule has 0 aliphatic carbocycles. The van der Waals surface area contributed by atoms with Crippen molar-refractivity contribution in [3.63, 3.8) is 0 Å². The second kappa shape index (κ2) is 66.5. The number of esters is 2. The lowest BCUT2D eigenvalue weighted by atomic mass is 10.0. The highest BCUT2D eigenvalue weighted by molar-refractivity contribution is 5.70. The molecule has 0 bridgehead atoms. The lowest BCUT2D eigenvalue weighted by Crippen LogP contribution is -2.28. The van der Waals surface area contributed by atoms with Gasteiger partial charge in [-0.3, -0.25) is 9.59 Å². The Labute approximate surface area is 481 Å². The summed E-state index contributed by atoms with van der Waals surface area (Å²) in [6, 6.07) is 0. The molecule has 0 aliphatic heterocycles. The fourth-order valence-corrected chi connectivity index (χ4v) is 8.34. The van der Waals surface area contributed by atoms with E-state index in [0.717, 1.165) is 148 Å². The Bertz CT molecular complexity index is 1740. The van der Waals surface area contributed by atoms with Crippen molar-refractivity contribution in [1.82, 2.24) is 0 Å². The molecule has 0 aliphatic rings. The number of allylic oxidation sites excluding steroid dienone is 28.